The van der Waals surface area contributed by atoms with Crippen LogP contribution >= 0.6 is 27.3 Å². The third-order valence-electron chi connectivity index (χ3n) is 5.52. The predicted octanol–water partition coefficient (Wildman–Crippen LogP) is 7.08. The second-order valence-corrected chi connectivity index (χ2v) is 9.77. The Hall–Kier alpha value is -3.50. The molecule has 0 aliphatic carbocycles. The maximum Gasteiger partial charge on any atom is 0.433 e. The molecule has 2 aromatic carbocycles. The summed E-state index contributed by atoms with van der Waals surface area (Å²) in [5.74, 6) is -0.508. The van der Waals surface area contributed by atoms with Crippen LogP contribution in [0.15, 0.2) is 88.7 Å². The fourth-order valence-electron chi connectivity index (χ4n) is 3.84. The minimum absolute atomic E-state index is 0.0732. The molecule has 0 saturated heterocycles. The van der Waals surface area contributed by atoms with Crippen molar-refractivity contribution in [2.45, 2.75) is 19.3 Å². The largest absolute Gasteiger partial charge is 0.433 e. The van der Waals surface area contributed by atoms with E-state index in [-0.39, 0.29) is 34.6 Å². The number of nitrogens with zero attached hydrogens (tertiary/aromatic N) is 4. The molecule has 1 amide bonds. The number of carbonyl (C=O) groups is 1. The molecule has 182 valence electrons. The Labute approximate surface area is 217 Å². The number of halogens is 4. The van der Waals surface area contributed by atoms with Gasteiger partial charge in [0.25, 0.3) is 5.91 Å². The molecule has 3 heterocycles. The van der Waals surface area contributed by atoms with Crippen LogP contribution in [0.5, 0.6) is 0 Å². The summed E-state index contributed by atoms with van der Waals surface area (Å²) < 4.78 is 42.9. The second-order valence-electron chi connectivity index (χ2n) is 8.03. The lowest BCUT2D eigenvalue weighted by Crippen LogP contribution is -2.30. The van der Waals surface area contributed by atoms with Gasteiger partial charge in [0.15, 0.2) is 17.0 Å². The lowest BCUT2D eigenvalue weighted by Gasteiger charge is -2.22. The summed E-state index contributed by atoms with van der Waals surface area (Å²) in [6, 6.07) is 23.2. The minimum Gasteiger partial charge on any atom is -0.329 e. The van der Waals surface area contributed by atoms with Crippen molar-refractivity contribution < 1.29 is 18.0 Å². The number of hydrogen-bond acceptors (Lipinski definition) is 4. The van der Waals surface area contributed by atoms with E-state index in [1.54, 1.807) is 22.4 Å². The molecule has 0 spiro atoms. The third-order valence-corrected chi connectivity index (χ3v) is 7.14. The van der Waals surface area contributed by atoms with Crippen LogP contribution in [0.3, 0.4) is 0 Å². The lowest BCUT2D eigenvalue weighted by molar-refractivity contribution is -0.142. The molecule has 0 fully saturated rings. The molecule has 0 saturated carbocycles. The fraction of sp³-hybridized carbons (Fsp3) is 0.115. The first kappa shape index (κ1) is 24.2. The standard InChI is InChI=1S/C26H18BrF3N4OS/c27-22-23(25(35)33(15-17-8-3-1-4-9-17)16-18-10-5-2-6-11-18)32-34-21(26(28,29)30)14-19(31-24(22)34)20-12-7-13-36-20/h1-14H,15-16H2. The van der Waals surface area contributed by atoms with Crippen molar-refractivity contribution >= 4 is 38.8 Å². The first-order chi connectivity index (χ1) is 17.3. The highest BCUT2D eigenvalue weighted by Crippen LogP contribution is 2.36. The first-order valence-corrected chi connectivity index (χ1v) is 12.6. The van der Waals surface area contributed by atoms with E-state index in [0.717, 1.165) is 17.2 Å². The maximum absolute atomic E-state index is 14.0. The monoisotopic (exact) mass is 570 g/mol. The van der Waals surface area contributed by atoms with Crippen LogP contribution in [0, 0.1) is 0 Å². The van der Waals surface area contributed by atoms with E-state index in [4.69, 9.17) is 0 Å². The molecular formula is C26H18BrF3N4OS. The average molecular weight is 571 g/mol. The summed E-state index contributed by atoms with van der Waals surface area (Å²) in [5.41, 5.74) is 0.716. The Morgan fingerprint density at radius 1 is 0.944 bits per heavy atom. The van der Waals surface area contributed by atoms with Gasteiger partial charge in [-0.3, -0.25) is 4.79 Å². The van der Waals surface area contributed by atoms with E-state index in [0.29, 0.717) is 9.39 Å². The molecule has 5 rings (SSSR count). The van der Waals surface area contributed by atoms with Crippen molar-refractivity contribution in [3.63, 3.8) is 0 Å². The molecule has 0 aliphatic rings. The van der Waals surface area contributed by atoms with Gasteiger partial charge in [0.05, 0.1) is 15.0 Å². The SMILES string of the molecule is O=C(c1nn2c(C(F)(F)F)cc(-c3cccs3)nc2c1Br)N(Cc1ccccc1)Cc1ccccc1. The van der Waals surface area contributed by atoms with Gasteiger partial charge in [-0.05, 0) is 44.6 Å². The first-order valence-electron chi connectivity index (χ1n) is 10.9. The van der Waals surface area contributed by atoms with E-state index < -0.39 is 17.8 Å². The summed E-state index contributed by atoms with van der Waals surface area (Å²) in [7, 11) is 0. The number of carbonyl (C=O) groups excluding carboxylic acids is 1. The highest BCUT2D eigenvalue weighted by molar-refractivity contribution is 9.10. The van der Waals surface area contributed by atoms with Crippen LogP contribution in [0.4, 0.5) is 13.2 Å². The number of amides is 1. The number of aromatic nitrogens is 3. The molecular weight excluding hydrogens is 553 g/mol. The minimum atomic E-state index is -4.70. The van der Waals surface area contributed by atoms with Gasteiger partial charge in [0.2, 0.25) is 0 Å². The van der Waals surface area contributed by atoms with Crippen molar-refractivity contribution in [1.82, 2.24) is 19.5 Å². The van der Waals surface area contributed by atoms with Gasteiger partial charge in [0, 0.05) is 13.1 Å². The van der Waals surface area contributed by atoms with Crippen LogP contribution in [-0.4, -0.2) is 25.4 Å². The van der Waals surface area contributed by atoms with Crippen LogP contribution in [0.1, 0.15) is 27.3 Å². The summed E-state index contributed by atoms with van der Waals surface area (Å²) in [5, 5.41) is 5.87. The highest BCUT2D eigenvalue weighted by Gasteiger charge is 2.37. The number of hydrogen-bond donors (Lipinski definition) is 0. The Bertz CT molecular complexity index is 1460. The third kappa shape index (κ3) is 4.91. The molecule has 5 aromatic rings. The van der Waals surface area contributed by atoms with Crippen LogP contribution < -0.4 is 0 Å². The zero-order valence-corrected chi connectivity index (χ0v) is 21.0. The van der Waals surface area contributed by atoms with Gasteiger partial charge in [-0.1, -0.05) is 66.7 Å². The quantitative estimate of drug-likeness (QED) is 0.219. The van der Waals surface area contributed by atoms with E-state index in [9.17, 15) is 18.0 Å². The van der Waals surface area contributed by atoms with Crippen molar-refractivity contribution in [1.29, 1.82) is 0 Å². The van der Waals surface area contributed by atoms with Crippen molar-refractivity contribution in [3.8, 4) is 10.6 Å². The lowest BCUT2D eigenvalue weighted by atomic mass is 10.1. The van der Waals surface area contributed by atoms with Gasteiger partial charge in [-0.2, -0.15) is 18.3 Å². The Balaban J connectivity index is 1.61. The molecule has 0 atom stereocenters. The number of alkyl halides is 3. The summed E-state index contributed by atoms with van der Waals surface area (Å²) in [6.45, 7) is 0.518. The molecule has 0 N–H and O–H groups in total. The topological polar surface area (TPSA) is 50.5 Å². The summed E-state index contributed by atoms with van der Waals surface area (Å²) in [4.78, 5) is 20.3. The molecule has 3 aromatic heterocycles. The van der Waals surface area contributed by atoms with E-state index >= 15 is 0 Å². The second kappa shape index (κ2) is 9.87. The smallest absolute Gasteiger partial charge is 0.329 e. The van der Waals surface area contributed by atoms with Crippen molar-refractivity contribution in [3.05, 3.63) is 111 Å². The summed E-state index contributed by atoms with van der Waals surface area (Å²) in [6.07, 6.45) is -4.70. The van der Waals surface area contributed by atoms with Gasteiger partial charge in [0.1, 0.15) is 0 Å². The Kier molecular flexibility index (Phi) is 6.63. The zero-order valence-electron chi connectivity index (χ0n) is 18.6. The number of thiophene rings is 1. The average Bonchev–Trinajstić information content (AvgIpc) is 3.52. The Morgan fingerprint density at radius 2 is 1.56 bits per heavy atom. The van der Waals surface area contributed by atoms with E-state index in [1.165, 1.54) is 11.3 Å². The molecule has 10 heteroatoms. The fourth-order valence-corrected chi connectivity index (χ4v) is 5.03. The van der Waals surface area contributed by atoms with Gasteiger partial charge < -0.3 is 4.90 Å². The summed E-state index contributed by atoms with van der Waals surface area (Å²) >= 11 is 4.61. The van der Waals surface area contributed by atoms with Crippen LogP contribution in [-0.2, 0) is 19.3 Å². The molecule has 0 aliphatic heterocycles. The number of rotatable bonds is 6. The highest BCUT2D eigenvalue weighted by atomic mass is 79.9. The molecule has 0 unspecified atom stereocenters. The van der Waals surface area contributed by atoms with Crippen LogP contribution in [0.2, 0.25) is 0 Å². The molecule has 36 heavy (non-hydrogen) atoms. The van der Waals surface area contributed by atoms with Gasteiger partial charge in [-0.25, -0.2) is 9.50 Å². The Morgan fingerprint density at radius 3 is 2.08 bits per heavy atom. The predicted molar refractivity (Wildman–Crippen MR) is 135 cm³/mol. The van der Waals surface area contributed by atoms with Gasteiger partial charge in [-0.15, -0.1) is 11.3 Å². The van der Waals surface area contributed by atoms with Crippen molar-refractivity contribution in [2.24, 2.45) is 0 Å². The van der Waals surface area contributed by atoms with Gasteiger partial charge >= 0.3 is 6.18 Å². The normalized spacial score (nSPS) is 11.7. The zero-order chi connectivity index (χ0) is 25.3. The van der Waals surface area contributed by atoms with E-state index in [2.05, 4.69) is 26.0 Å². The molecule has 0 radical (unpaired) electrons. The van der Waals surface area contributed by atoms with Crippen molar-refractivity contribution in [2.75, 3.05) is 0 Å². The van der Waals surface area contributed by atoms with Crippen LogP contribution in [0.25, 0.3) is 16.2 Å². The van der Waals surface area contributed by atoms with E-state index in [1.807, 2.05) is 60.7 Å². The molecule has 0 bridgehead atoms. The molecule has 5 nitrogen and oxygen atoms in total. The number of fused-ring (bicyclic) bond motifs is 1. The maximum atomic E-state index is 14.0. The number of benzene rings is 2.